The first-order valence-corrected chi connectivity index (χ1v) is 7.32. The van der Waals surface area contributed by atoms with Crippen molar-refractivity contribution in [1.82, 2.24) is 0 Å². The number of hydrogen-bond acceptors (Lipinski definition) is 3. The molecular formula is C12H17NO3S. The Morgan fingerprint density at radius 2 is 1.82 bits per heavy atom. The Kier molecular flexibility index (Phi) is 3.51. The minimum absolute atomic E-state index is 0.137. The number of aliphatic hydroxyl groups is 1. The van der Waals surface area contributed by atoms with Gasteiger partial charge in [-0.3, -0.25) is 0 Å². The molecule has 1 saturated carbocycles. The maximum atomic E-state index is 11.1. The van der Waals surface area contributed by atoms with Crippen LogP contribution in [0.1, 0.15) is 37.2 Å². The highest BCUT2D eigenvalue weighted by atomic mass is 32.2. The summed E-state index contributed by atoms with van der Waals surface area (Å²) in [6.45, 7) is 0. The molecule has 4 nitrogen and oxygen atoms in total. The van der Waals surface area contributed by atoms with Crippen LogP contribution in [-0.4, -0.2) is 19.6 Å². The van der Waals surface area contributed by atoms with Gasteiger partial charge in [-0.1, -0.05) is 18.6 Å². The molecule has 0 bridgehead atoms. The van der Waals surface area contributed by atoms with Gasteiger partial charge in [0.25, 0.3) is 0 Å². The molecule has 2 rings (SSSR count). The monoisotopic (exact) mass is 255 g/mol. The van der Waals surface area contributed by atoms with Crippen LogP contribution in [0.25, 0.3) is 0 Å². The molecule has 0 aliphatic heterocycles. The lowest BCUT2D eigenvalue weighted by Gasteiger charge is -2.26. The summed E-state index contributed by atoms with van der Waals surface area (Å²) in [5.41, 5.74) is 1.08. The second-order valence-electron chi connectivity index (χ2n) is 4.63. The maximum absolute atomic E-state index is 11.1. The van der Waals surface area contributed by atoms with Crippen molar-refractivity contribution < 1.29 is 13.5 Å². The first-order valence-electron chi connectivity index (χ1n) is 5.77. The van der Waals surface area contributed by atoms with Gasteiger partial charge in [-0.2, -0.15) is 0 Å². The predicted octanol–water partition coefficient (Wildman–Crippen LogP) is 1.35. The fourth-order valence-corrected chi connectivity index (χ4v) is 2.91. The van der Waals surface area contributed by atoms with Crippen LogP contribution in [0.3, 0.4) is 0 Å². The Labute approximate surface area is 102 Å². The summed E-state index contributed by atoms with van der Waals surface area (Å²) in [6, 6.07) is 6.65. The number of rotatable bonds is 2. The third-order valence-corrected chi connectivity index (χ3v) is 4.26. The molecule has 0 saturated heterocycles. The van der Waals surface area contributed by atoms with Gasteiger partial charge in [-0.15, -0.1) is 0 Å². The molecular weight excluding hydrogens is 238 g/mol. The zero-order valence-electron chi connectivity index (χ0n) is 9.54. The molecule has 1 fully saturated rings. The molecule has 17 heavy (non-hydrogen) atoms. The highest BCUT2D eigenvalue weighted by Gasteiger charge is 2.21. The van der Waals surface area contributed by atoms with Gasteiger partial charge in [0.05, 0.1) is 11.0 Å². The third-order valence-electron chi connectivity index (χ3n) is 3.33. The van der Waals surface area contributed by atoms with Gasteiger partial charge in [0.15, 0.2) is 0 Å². The second-order valence-corrected chi connectivity index (χ2v) is 6.19. The van der Waals surface area contributed by atoms with Crippen LogP contribution >= 0.6 is 0 Å². The van der Waals surface area contributed by atoms with Crippen molar-refractivity contribution in [1.29, 1.82) is 0 Å². The van der Waals surface area contributed by atoms with E-state index in [4.69, 9.17) is 5.14 Å². The van der Waals surface area contributed by atoms with Crippen molar-refractivity contribution in [3.8, 4) is 0 Å². The molecule has 2 atom stereocenters. The molecule has 2 unspecified atom stereocenters. The van der Waals surface area contributed by atoms with Crippen molar-refractivity contribution in [3.05, 3.63) is 29.8 Å². The summed E-state index contributed by atoms with van der Waals surface area (Å²) in [4.78, 5) is 0.137. The van der Waals surface area contributed by atoms with Crippen molar-refractivity contribution in [2.45, 2.75) is 42.6 Å². The molecule has 0 radical (unpaired) electrons. The maximum Gasteiger partial charge on any atom is 0.238 e. The standard InChI is InChI=1S/C12H17NO3S/c13-17(15,16)12-6-4-9(5-7-12)10-2-1-3-11(14)8-10/h4-7,10-11,14H,1-3,8H2,(H2,13,15,16). The van der Waals surface area contributed by atoms with E-state index in [1.807, 2.05) is 0 Å². The van der Waals surface area contributed by atoms with Crippen LogP contribution in [0.2, 0.25) is 0 Å². The lowest BCUT2D eigenvalue weighted by molar-refractivity contribution is 0.119. The minimum atomic E-state index is -3.61. The van der Waals surface area contributed by atoms with Crippen LogP contribution in [0.15, 0.2) is 29.2 Å². The quantitative estimate of drug-likeness (QED) is 0.837. The number of sulfonamides is 1. The summed E-state index contributed by atoms with van der Waals surface area (Å²) in [7, 11) is -3.61. The first-order chi connectivity index (χ1) is 7.97. The molecule has 1 aliphatic rings. The summed E-state index contributed by atoms with van der Waals surface area (Å²) in [6.07, 6.45) is 3.46. The molecule has 1 aromatic carbocycles. The largest absolute Gasteiger partial charge is 0.393 e. The zero-order valence-corrected chi connectivity index (χ0v) is 10.4. The van der Waals surface area contributed by atoms with Crippen LogP contribution in [0, 0.1) is 0 Å². The number of benzene rings is 1. The van der Waals surface area contributed by atoms with Crippen LogP contribution < -0.4 is 5.14 Å². The van der Waals surface area contributed by atoms with Gasteiger partial charge in [0.1, 0.15) is 0 Å². The van der Waals surface area contributed by atoms with E-state index in [9.17, 15) is 13.5 Å². The van der Waals surface area contributed by atoms with Crippen LogP contribution in [0.4, 0.5) is 0 Å². The van der Waals surface area contributed by atoms with Gasteiger partial charge < -0.3 is 5.11 Å². The van der Waals surface area contributed by atoms with E-state index < -0.39 is 10.0 Å². The molecule has 0 heterocycles. The molecule has 0 spiro atoms. The van der Waals surface area contributed by atoms with Crippen LogP contribution in [-0.2, 0) is 10.0 Å². The number of hydrogen-bond donors (Lipinski definition) is 2. The molecule has 3 N–H and O–H groups in total. The Morgan fingerprint density at radius 3 is 2.35 bits per heavy atom. The average molecular weight is 255 g/mol. The second kappa shape index (κ2) is 4.76. The van der Waals surface area contributed by atoms with Gasteiger partial charge in [-0.05, 0) is 42.9 Å². The Hall–Kier alpha value is -0.910. The Balaban J connectivity index is 2.18. The SMILES string of the molecule is NS(=O)(=O)c1ccc(C2CCCC(O)C2)cc1. The summed E-state index contributed by atoms with van der Waals surface area (Å²) >= 11 is 0. The number of aliphatic hydroxyl groups excluding tert-OH is 1. The summed E-state index contributed by atoms with van der Waals surface area (Å²) in [5.74, 6) is 0.327. The van der Waals surface area contributed by atoms with E-state index in [-0.39, 0.29) is 11.0 Å². The van der Waals surface area contributed by atoms with Crippen LogP contribution in [0.5, 0.6) is 0 Å². The molecule has 0 aromatic heterocycles. The van der Waals surface area contributed by atoms with Gasteiger partial charge in [0, 0.05) is 0 Å². The van der Waals surface area contributed by atoms with Crippen molar-refractivity contribution in [2.75, 3.05) is 0 Å². The fourth-order valence-electron chi connectivity index (χ4n) is 2.40. The van der Waals surface area contributed by atoms with E-state index in [0.29, 0.717) is 5.92 Å². The molecule has 1 aliphatic carbocycles. The Morgan fingerprint density at radius 1 is 1.18 bits per heavy atom. The third kappa shape index (κ3) is 3.06. The summed E-state index contributed by atoms with van der Waals surface area (Å²) < 4.78 is 22.2. The van der Waals surface area contributed by atoms with Gasteiger partial charge in [-0.25, -0.2) is 13.6 Å². The molecule has 0 amide bonds. The number of nitrogens with two attached hydrogens (primary N) is 1. The van der Waals surface area contributed by atoms with Gasteiger partial charge in [0.2, 0.25) is 10.0 Å². The average Bonchev–Trinajstić information content (AvgIpc) is 2.28. The minimum Gasteiger partial charge on any atom is -0.393 e. The van der Waals surface area contributed by atoms with E-state index in [1.165, 1.54) is 12.1 Å². The first kappa shape index (κ1) is 12.5. The summed E-state index contributed by atoms with van der Waals surface area (Å²) in [5, 5.41) is 14.6. The normalized spacial score (nSPS) is 25.8. The van der Waals surface area contributed by atoms with E-state index in [1.54, 1.807) is 12.1 Å². The Bertz CT molecular complexity index is 481. The van der Waals surface area contributed by atoms with E-state index >= 15 is 0 Å². The highest BCUT2D eigenvalue weighted by Crippen LogP contribution is 2.33. The number of primary sulfonamides is 1. The lowest BCUT2D eigenvalue weighted by Crippen LogP contribution is -2.18. The predicted molar refractivity (Wildman–Crippen MR) is 65.0 cm³/mol. The molecule has 5 heteroatoms. The van der Waals surface area contributed by atoms with Crippen molar-refractivity contribution in [2.24, 2.45) is 5.14 Å². The van der Waals surface area contributed by atoms with E-state index in [0.717, 1.165) is 31.2 Å². The molecule has 1 aromatic rings. The topological polar surface area (TPSA) is 80.4 Å². The van der Waals surface area contributed by atoms with E-state index in [2.05, 4.69) is 0 Å². The van der Waals surface area contributed by atoms with Crippen molar-refractivity contribution >= 4 is 10.0 Å². The molecule has 94 valence electrons. The smallest absolute Gasteiger partial charge is 0.238 e. The fraction of sp³-hybridized carbons (Fsp3) is 0.500. The highest BCUT2D eigenvalue weighted by molar-refractivity contribution is 7.89. The lowest BCUT2D eigenvalue weighted by atomic mass is 9.83. The van der Waals surface area contributed by atoms with Gasteiger partial charge >= 0.3 is 0 Å². The van der Waals surface area contributed by atoms with Crippen molar-refractivity contribution in [3.63, 3.8) is 0 Å². The zero-order chi connectivity index (χ0) is 12.5.